The lowest BCUT2D eigenvalue weighted by atomic mass is 10.2. The normalized spacial score (nSPS) is 10.9. The monoisotopic (exact) mass is 240 g/mol. The third-order valence-electron chi connectivity index (χ3n) is 1.89. The smallest absolute Gasteiger partial charge is 0.412 e. The lowest BCUT2D eigenvalue weighted by molar-refractivity contribution is 0.0636. The highest BCUT2D eigenvalue weighted by molar-refractivity contribution is 5.89. The van der Waals surface area contributed by atoms with Gasteiger partial charge in [0, 0.05) is 7.05 Å². The third-order valence-corrected chi connectivity index (χ3v) is 1.89. The van der Waals surface area contributed by atoms with E-state index in [2.05, 4.69) is 10.6 Å². The Morgan fingerprint density at radius 3 is 2.47 bits per heavy atom. The van der Waals surface area contributed by atoms with Crippen molar-refractivity contribution in [1.29, 1.82) is 0 Å². The molecule has 0 spiro atoms. The molecule has 0 fully saturated rings. The quantitative estimate of drug-likeness (QED) is 0.834. The number of carbonyl (C=O) groups is 1. The van der Waals surface area contributed by atoms with Crippen LogP contribution in [0.1, 0.15) is 20.8 Å². The molecule has 0 aliphatic rings. The fourth-order valence-corrected chi connectivity index (χ4v) is 1.25. The van der Waals surface area contributed by atoms with Crippen LogP contribution in [0.15, 0.2) is 18.2 Å². The molecule has 94 valence electrons. The number of hydrogen-bond acceptors (Lipinski definition) is 3. The van der Waals surface area contributed by atoms with Crippen molar-refractivity contribution in [3.63, 3.8) is 0 Å². The SMILES string of the molecule is CNc1cc(F)ccc1NC(=O)OC(C)(C)C. The van der Waals surface area contributed by atoms with Crippen molar-refractivity contribution in [3.8, 4) is 0 Å². The number of rotatable bonds is 2. The summed E-state index contributed by atoms with van der Waals surface area (Å²) in [5.41, 5.74) is 0.406. The van der Waals surface area contributed by atoms with Gasteiger partial charge in [0.15, 0.2) is 0 Å². The van der Waals surface area contributed by atoms with Crippen molar-refractivity contribution in [2.45, 2.75) is 26.4 Å². The van der Waals surface area contributed by atoms with E-state index in [1.54, 1.807) is 27.8 Å². The lowest BCUT2D eigenvalue weighted by Crippen LogP contribution is -2.27. The van der Waals surface area contributed by atoms with Crippen molar-refractivity contribution in [1.82, 2.24) is 0 Å². The Hall–Kier alpha value is -1.78. The number of nitrogens with one attached hydrogen (secondary N) is 2. The second kappa shape index (κ2) is 5.03. The van der Waals surface area contributed by atoms with E-state index in [9.17, 15) is 9.18 Å². The molecule has 1 rings (SSSR count). The number of anilines is 2. The second-order valence-electron chi connectivity index (χ2n) is 4.57. The van der Waals surface area contributed by atoms with Crippen LogP contribution in [0.2, 0.25) is 0 Å². The minimum Gasteiger partial charge on any atom is -0.444 e. The molecular weight excluding hydrogens is 223 g/mol. The number of amides is 1. The average Bonchev–Trinajstić information content (AvgIpc) is 2.17. The third kappa shape index (κ3) is 4.30. The van der Waals surface area contributed by atoms with Crippen LogP contribution in [0, 0.1) is 5.82 Å². The van der Waals surface area contributed by atoms with Gasteiger partial charge in [-0.15, -0.1) is 0 Å². The van der Waals surface area contributed by atoms with Gasteiger partial charge in [-0.3, -0.25) is 5.32 Å². The van der Waals surface area contributed by atoms with Gasteiger partial charge in [0.2, 0.25) is 0 Å². The Balaban J connectivity index is 2.78. The molecule has 4 nitrogen and oxygen atoms in total. The molecule has 0 aliphatic heterocycles. The highest BCUT2D eigenvalue weighted by Gasteiger charge is 2.17. The summed E-state index contributed by atoms with van der Waals surface area (Å²) in [6.45, 7) is 5.32. The number of carbonyl (C=O) groups excluding carboxylic acids is 1. The Morgan fingerprint density at radius 2 is 1.94 bits per heavy atom. The molecule has 1 amide bonds. The van der Waals surface area contributed by atoms with Crippen LogP contribution in [0.25, 0.3) is 0 Å². The van der Waals surface area contributed by atoms with Crippen LogP contribution < -0.4 is 10.6 Å². The van der Waals surface area contributed by atoms with E-state index in [1.807, 2.05) is 0 Å². The Labute approximate surface area is 100 Å². The number of halogens is 1. The van der Waals surface area contributed by atoms with Gasteiger partial charge >= 0.3 is 6.09 Å². The summed E-state index contributed by atoms with van der Waals surface area (Å²) >= 11 is 0. The molecule has 1 aromatic carbocycles. The van der Waals surface area contributed by atoms with Crippen molar-refractivity contribution < 1.29 is 13.9 Å². The minimum atomic E-state index is -0.569. The number of hydrogen-bond donors (Lipinski definition) is 2. The average molecular weight is 240 g/mol. The summed E-state index contributed by atoms with van der Waals surface area (Å²) < 4.78 is 18.1. The van der Waals surface area contributed by atoms with Gasteiger partial charge in [-0.1, -0.05) is 0 Å². The molecule has 0 saturated heterocycles. The first kappa shape index (κ1) is 13.3. The lowest BCUT2D eigenvalue weighted by Gasteiger charge is -2.20. The predicted molar refractivity (Wildman–Crippen MR) is 65.8 cm³/mol. The molecule has 0 unspecified atom stereocenters. The van der Waals surface area contributed by atoms with Crippen LogP contribution in [-0.2, 0) is 4.74 Å². The van der Waals surface area contributed by atoms with E-state index >= 15 is 0 Å². The molecule has 0 bridgehead atoms. The van der Waals surface area contributed by atoms with Gasteiger partial charge in [0.05, 0.1) is 11.4 Å². The summed E-state index contributed by atoms with van der Waals surface area (Å²) in [5.74, 6) is -0.371. The van der Waals surface area contributed by atoms with Gasteiger partial charge in [0.1, 0.15) is 11.4 Å². The molecule has 17 heavy (non-hydrogen) atoms. The van der Waals surface area contributed by atoms with Crippen molar-refractivity contribution >= 4 is 17.5 Å². The zero-order valence-corrected chi connectivity index (χ0v) is 10.4. The molecule has 0 radical (unpaired) electrons. The maximum absolute atomic E-state index is 13.0. The van der Waals surface area contributed by atoms with Crippen LogP contribution in [0.5, 0.6) is 0 Å². The fraction of sp³-hybridized carbons (Fsp3) is 0.417. The molecular formula is C12H17FN2O2. The van der Waals surface area contributed by atoms with E-state index in [0.717, 1.165) is 0 Å². The Bertz CT molecular complexity index is 413. The van der Waals surface area contributed by atoms with E-state index in [0.29, 0.717) is 11.4 Å². The summed E-state index contributed by atoms with van der Waals surface area (Å²) in [5, 5.41) is 5.35. The topological polar surface area (TPSA) is 50.4 Å². The molecule has 0 saturated carbocycles. The highest BCUT2D eigenvalue weighted by Crippen LogP contribution is 2.22. The number of benzene rings is 1. The van der Waals surface area contributed by atoms with E-state index in [4.69, 9.17) is 4.74 Å². The summed E-state index contributed by atoms with van der Waals surface area (Å²) in [4.78, 5) is 11.5. The van der Waals surface area contributed by atoms with Crippen LogP contribution in [-0.4, -0.2) is 18.7 Å². The van der Waals surface area contributed by atoms with Crippen molar-refractivity contribution in [2.75, 3.05) is 17.7 Å². The Kier molecular flexibility index (Phi) is 3.93. The summed E-state index contributed by atoms with van der Waals surface area (Å²) in [6, 6.07) is 4.05. The second-order valence-corrected chi connectivity index (χ2v) is 4.57. The Morgan fingerprint density at radius 1 is 1.29 bits per heavy atom. The van der Waals surface area contributed by atoms with Gasteiger partial charge in [0.25, 0.3) is 0 Å². The predicted octanol–water partition coefficient (Wildman–Crippen LogP) is 3.21. The van der Waals surface area contributed by atoms with Crippen LogP contribution >= 0.6 is 0 Å². The minimum absolute atomic E-state index is 0.371. The van der Waals surface area contributed by atoms with E-state index < -0.39 is 11.7 Å². The first-order valence-corrected chi connectivity index (χ1v) is 5.29. The largest absolute Gasteiger partial charge is 0.444 e. The summed E-state index contributed by atoms with van der Waals surface area (Å²) in [7, 11) is 1.65. The highest BCUT2D eigenvalue weighted by atomic mass is 19.1. The molecule has 2 N–H and O–H groups in total. The summed E-state index contributed by atoms with van der Waals surface area (Å²) in [6.07, 6.45) is -0.569. The maximum atomic E-state index is 13.0. The van der Waals surface area contributed by atoms with Gasteiger partial charge < -0.3 is 10.1 Å². The van der Waals surface area contributed by atoms with Crippen LogP contribution in [0.4, 0.5) is 20.6 Å². The molecule has 0 atom stereocenters. The fourth-order valence-electron chi connectivity index (χ4n) is 1.25. The van der Waals surface area contributed by atoms with E-state index in [-0.39, 0.29) is 5.82 Å². The zero-order valence-electron chi connectivity index (χ0n) is 10.4. The van der Waals surface area contributed by atoms with E-state index in [1.165, 1.54) is 18.2 Å². The van der Waals surface area contributed by atoms with Crippen LogP contribution in [0.3, 0.4) is 0 Å². The molecule has 0 heterocycles. The molecule has 0 aromatic heterocycles. The zero-order chi connectivity index (χ0) is 13.1. The van der Waals surface area contributed by atoms with Gasteiger partial charge in [-0.2, -0.15) is 0 Å². The molecule has 5 heteroatoms. The van der Waals surface area contributed by atoms with Crippen molar-refractivity contribution in [2.24, 2.45) is 0 Å². The first-order valence-electron chi connectivity index (χ1n) is 5.29. The standard InChI is InChI=1S/C12H17FN2O2/c1-12(2,3)17-11(16)15-9-6-5-8(13)7-10(9)14-4/h5-7,14H,1-4H3,(H,15,16). The first-order chi connectivity index (χ1) is 7.81. The van der Waals surface area contributed by atoms with Gasteiger partial charge in [-0.05, 0) is 39.0 Å². The van der Waals surface area contributed by atoms with Gasteiger partial charge in [-0.25, -0.2) is 9.18 Å². The maximum Gasteiger partial charge on any atom is 0.412 e. The molecule has 1 aromatic rings. The number of ether oxygens (including phenoxy) is 1. The van der Waals surface area contributed by atoms with Crippen molar-refractivity contribution in [3.05, 3.63) is 24.0 Å². The molecule has 0 aliphatic carbocycles.